The van der Waals surface area contributed by atoms with Crippen LogP contribution in [0, 0.1) is 13.8 Å². The first-order valence-electron chi connectivity index (χ1n) is 4.08. The van der Waals surface area contributed by atoms with Crippen molar-refractivity contribution in [2.24, 2.45) is 0 Å². The molecule has 1 aromatic carbocycles. The molecule has 0 aliphatic carbocycles. The predicted molar refractivity (Wildman–Crippen MR) is 54.0 cm³/mol. The van der Waals surface area contributed by atoms with Gasteiger partial charge in [-0.05, 0) is 25.5 Å². The third kappa shape index (κ3) is 1.38. The molecular formula is C10H9ClN2. The number of hydrogen-bond donors (Lipinski definition) is 0. The van der Waals surface area contributed by atoms with Crippen molar-refractivity contribution in [3.05, 3.63) is 34.7 Å². The molecule has 13 heavy (non-hydrogen) atoms. The van der Waals surface area contributed by atoms with Crippen LogP contribution in [0.15, 0.2) is 18.2 Å². The highest BCUT2D eigenvalue weighted by Crippen LogP contribution is 2.22. The lowest BCUT2D eigenvalue weighted by molar-refractivity contribution is 1.09. The average Bonchev–Trinajstić information content (AvgIpc) is 2.07. The molecule has 2 aromatic rings. The van der Waals surface area contributed by atoms with Crippen molar-refractivity contribution in [3.8, 4) is 0 Å². The van der Waals surface area contributed by atoms with E-state index in [0.717, 1.165) is 16.5 Å². The first-order valence-corrected chi connectivity index (χ1v) is 4.46. The van der Waals surface area contributed by atoms with Gasteiger partial charge in [0.2, 0.25) is 0 Å². The fourth-order valence-electron chi connectivity index (χ4n) is 1.36. The Morgan fingerprint density at radius 3 is 2.69 bits per heavy atom. The van der Waals surface area contributed by atoms with Crippen LogP contribution < -0.4 is 0 Å². The Labute approximate surface area is 81.6 Å². The van der Waals surface area contributed by atoms with Crippen LogP contribution in [-0.4, -0.2) is 9.97 Å². The normalized spacial score (nSPS) is 10.7. The lowest BCUT2D eigenvalue weighted by Crippen LogP contribution is -1.91. The molecule has 0 N–H and O–H groups in total. The maximum atomic E-state index is 5.98. The molecule has 1 aromatic heterocycles. The molecule has 0 atom stereocenters. The summed E-state index contributed by atoms with van der Waals surface area (Å²) in [5, 5.41) is 1.46. The predicted octanol–water partition coefficient (Wildman–Crippen LogP) is 2.90. The van der Waals surface area contributed by atoms with Gasteiger partial charge in [0.15, 0.2) is 0 Å². The molecule has 66 valence electrons. The summed E-state index contributed by atoms with van der Waals surface area (Å²) in [4.78, 5) is 8.44. The van der Waals surface area contributed by atoms with Crippen LogP contribution in [0.3, 0.4) is 0 Å². The first kappa shape index (κ1) is 8.45. The van der Waals surface area contributed by atoms with E-state index in [1.54, 1.807) is 0 Å². The first-order chi connectivity index (χ1) is 6.18. The number of fused-ring (bicyclic) bond motifs is 1. The fourth-order valence-corrected chi connectivity index (χ4v) is 1.64. The van der Waals surface area contributed by atoms with E-state index in [-0.39, 0.29) is 0 Å². The molecule has 0 bridgehead atoms. The van der Waals surface area contributed by atoms with E-state index in [1.165, 1.54) is 0 Å². The second-order valence-corrected chi connectivity index (χ2v) is 3.39. The summed E-state index contributed by atoms with van der Waals surface area (Å²) in [6.45, 7) is 3.86. The molecule has 0 amide bonds. The fraction of sp³-hybridized carbons (Fsp3) is 0.200. The van der Waals surface area contributed by atoms with Crippen molar-refractivity contribution in [3.63, 3.8) is 0 Å². The van der Waals surface area contributed by atoms with Gasteiger partial charge >= 0.3 is 0 Å². The Balaban J connectivity index is 2.94. The quantitative estimate of drug-likeness (QED) is 0.600. The third-order valence-electron chi connectivity index (χ3n) is 1.99. The number of halogens is 1. The monoisotopic (exact) mass is 192 g/mol. The Kier molecular flexibility index (Phi) is 1.93. The molecule has 0 radical (unpaired) electrons. The highest BCUT2D eigenvalue weighted by atomic mass is 35.5. The van der Waals surface area contributed by atoms with E-state index >= 15 is 0 Å². The molecule has 0 aliphatic rings. The second-order valence-electron chi connectivity index (χ2n) is 3.03. The maximum Gasteiger partial charge on any atom is 0.140 e. The van der Waals surface area contributed by atoms with Crippen LogP contribution in [0.2, 0.25) is 5.15 Å². The lowest BCUT2D eigenvalue weighted by Gasteiger charge is -2.02. The minimum Gasteiger partial charge on any atom is -0.233 e. The van der Waals surface area contributed by atoms with Gasteiger partial charge in [-0.3, -0.25) is 0 Å². The van der Waals surface area contributed by atoms with Crippen LogP contribution in [-0.2, 0) is 0 Å². The standard InChI is InChI=1S/C10H9ClN2/c1-6-4-3-5-8-9(6)12-7(2)13-10(8)11/h3-5H,1-2H3. The van der Waals surface area contributed by atoms with Crippen molar-refractivity contribution in [1.82, 2.24) is 9.97 Å². The summed E-state index contributed by atoms with van der Waals surface area (Å²) in [6, 6.07) is 5.91. The van der Waals surface area contributed by atoms with Crippen molar-refractivity contribution in [2.45, 2.75) is 13.8 Å². The third-order valence-corrected chi connectivity index (χ3v) is 2.28. The molecule has 3 heteroatoms. The smallest absolute Gasteiger partial charge is 0.140 e. The summed E-state index contributed by atoms with van der Waals surface area (Å²) in [5.41, 5.74) is 2.07. The molecule has 0 aliphatic heterocycles. The minimum atomic E-state index is 0.534. The van der Waals surface area contributed by atoms with Crippen LogP contribution in [0.25, 0.3) is 10.9 Å². The van der Waals surface area contributed by atoms with Crippen molar-refractivity contribution >= 4 is 22.5 Å². The number of benzene rings is 1. The van der Waals surface area contributed by atoms with Gasteiger partial charge in [-0.25, -0.2) is 9.97 Å². The van der Waals surface area contributed by atoms with Gasteiger partial charge < -0.3 is 0 Å². The Morgan fingerprint density at radius 1 is 1.15 bits per heavy atom. The molecule has 0 spiro atoms. The number of rotatable bonds is 0. The number of nitrogens with zero attached hydrogens (tertiary/aromatic N) is 2. The molecule has 2 nitrogen and oxygen atoms in total. The van der Waals surface area contributed by atoms with E-state index in [1.807, 2.05) is 32.0 Å². The zero-order chi connectivity index (χ0) is 9.42. The summed E-state index contributed by atoms with van der Waals surface area (Å²) in [7, 11) is 0. The van der Waals surface area contributed by atoms with Gasteiger partial charge in [0.1, 0.15) is 11.0 Å². The van der Waals surface area contributed by atoms with Gasteiger partial charge in [0.05, 0.1) is 5.52 Å². The van der Waals surface area contributed by atoms with Crippen LogP contribution in [0.4, 0.5) is 0 Å². The lowest BCUT2D eigenvalue weighted by atomic mass is 10.1. The highest BCUT2D eigenvalue weighted by molar-refractivity contribution is 6.34. The Morgan fingerprint density at radius 2 is 1.92 bits per heavy atom. The minimum absolute atomic E-state index is 0.534. The van der Waals surface area contributed by atoms with E-state index in [4.69, 9.17) is 11.6 Å². The number of aromatic nitrogens is 2. The van der Waals surface area contributed by atoms with Crippen LogP contribution in [0.1, 0.15) is 11.4 Å². The zero-order valence-corrected chi connectivity index (χ0v) is 8.26. The number of aryl methyl sites for hydroxylation is 2. The topological polar surface area (TPSA) is 25.8 Å². The zero-order valence-electron chi connectivity index (χ0n) is 7.50. The van der Waals surface area contributed by atoms with Crippen LogP contribution >= 0.6 is 11.6 Å². The maximum absolute atomic E-state index is 5.98. The van der Waals surface area contributed by atoms with Gasteiger partial charge in [0, 0.05) is 5.39 Å². The van der Waals surface area contributed by atoms with E-state index in [2.05, 4.69) is 9.97 Å². The van der Waals surface area contributed by atoms with Gasteiger partial charge in [-0.1, -0.05) is 23.7 Å². The second kappa shape index (κ2) is 2.96. The van der Waals surface area contributed by atoms with E-state index < -0.39 is 0 Å². The average molecular weight is 193 g/mol. The Hall–Kier alpha value is -1.15. The van der Waals surface area contributed by atoms with Crippen molar-refractivity contribution in [2.75, 3.05) is 0 Å². The molecule has 0 saturated carbocycles. The summed E-state index contributed by atoms with van der Waals surface area (Å²) in [5.74, 6) is 0.715. The largest absolute Gasteiger partial charge is 0.233 e. The Bertz CT molecular complexity index is 466. The SMILES string of the molecule is Cc1nc(Cl)c2cccc(C)c2n1. The number of para-hydroxylation sites is 1. The summed E-state index contributed by atoms with van der Waals surface area (Å²) in [6.07, 6.45) is 0. The van der Waals surface area contributed by atoms with Crippen molar-refractivity contribution in [1.29, 1.82) is 0 Å². The number of hydrogen-bond acceptors (Lipinski definition) is 2. The van der Waals surface area contributed by atoms with E-state index in [9.17, 15) is 0 Å². The van der Waals surface area contributed by atoms with Gasteiger partial charge in [0.25, 0.3) is 0 Å². The highest BCUT2D eigenvalue weighted by Gasteiger charge is 2.04. The summed E-state index contributed by atoms with van der Waals surface area (Å²) < 4.78 is 0. The van der Waals surface area contributed by atoms with Gasteiger partial charge in [-0.2, -0.15) is 0 Å². The molecule has 0 fully saturated rings. The molecule has 2 rings (SSSR count). The molecular weight excluding hydrogens is 184 g/mol. The summed E-state index contributed by atoms with van der Waals surface area (Å²) >= 11 is 5.98. The van der Waals surface area contributed by atoms with E-state index in [0.29, 0.717) is 11.0 Å². The molecule has 1 heterocycles. The molecule has 0 saturated heterocycles. The van der Waals surface area contributed by atoms with Crippen molar-refractivity contribution < 1.29 is 0 Å². The molecule has 0 unspecified atom stereocenters. The van der Waals surface area contributed by atoms with Gasteiger partial charge in [-0.15, -0.1) is 0 Å². The van der Waals surface area contributed by atoms with Crippen LogP contribution in [0.5, 0.6) is 0 Å².